The van der Waals surface area contributed by atoms with Crippen molar-refractivity contribution in [1.82, 2.24) is 15.0 Å². The summed E-state index contributed by atoms with van der Waals surface area (Å²) in [6.45, 7) is 0.942. The van der Waals surface area contributed by atoms with E-state index in [0.29, 0.717) is 0 Å². The van der Waals surface area contributed by atoms with Crippen LogP contribution in [0, 0.1) is 17.8 Å². The van der Waals surface area contributed by atoms with Crippen molar-refractivity contribution in [2.45, 2.75) is 25.7 Å². The molecule has 4 nitrogen and oxygen atoms in total. The van der Waals surface area contributed by atoms with E-state index in [9.17, 15) is 0 Å². The topological polar surface area (TPSA) is 39.9 Å². The minimum atomic E-state index is 0.812. The number of aromatic nitrogens is 3. The van der Waals surface area contributed by atoms with Gasteiger partial charge in [0.05, 0.1) is 11.4 Å². The molecule has 0 aromatic carbocycles. The van der Waals surface area contributed by atoms with Crippen molar-refractivity contribution < 1.29 is 4.74 Å². The number of ether oxygens (including phenoxy) is 1. The normalized spacial score (nSPS) is 32.5. The monoisotopic (exact) mass is 221 g/mol. The van der Waals surface area contributed by atoms with Crippen molar-refractivity contribution in [3.8, 4) is 0 Å². The average molecular weight is 221 g/mol. The van der Waals surface area contributed by atoms with Gasteiger partial charge in [-0.1, -0.05) is 5.21 Å². The maximum absolute atomic E-state index is 5.29. The molecule has 1 fully saturated rings. The molecule has 0 aliphatic heterocycles. The van der Waals surface area contributed by atoms with E-state index in [1.807, 2.05) is 18.8 Å². The van der Waals surface area contributed by atoms with Gasteiger partial charge in [0.1, 0.15) is 0 Å². The zero-order valence-corrected chi connectivity index (χ0v) is 10.0. The summed E-state index contributed by atoms with van der Waals surface area (Å²) in [6, 6.07) is 0. The Morgan fingerprint density at radius 2 is 2.06 bits per heavy atom. The van der Waals surface area contributed by atoms with Crippen molar-refractivity contribution in [3.05, 3.63) is 11.4 Å². The lowest BCUT2D eigenvalue weighted by molar-refractivity contribution is 0.176. The molecule has 1 aromatic heterocycles. The van der Waals surface area contributed by atoms with Gasteiger partial charge in [0, 0.05) is 20.8 Å². The molecule has 0 bridgehead atoms. The summed E-state index contributed by atoms with van der Waals surface area (Å²) in [7, 11) is 3.82. The molecule has 2 aliphatic carbocycles. The molecule has 4 heteroatoms. The molecule has 0 radical (unpaired) electrons. The number of hydrogen-bond donors (Lipinski definition) is 0. The van der Waals surface area contributed by atoms with Gasteiger partial charge in [-0.05, 0) is 43.4 Å². The number of fused-ring (bicyclic) bond motifs is 2. The Hall–Kier alpha value is -0.900. The van der Waals surface area contributed by atoms with Gasteiger partial charge in [-0.15, -0.1) is 5.10 Å². The van der Waals surface area contributed by atoms with E-state index in [2.05, 4.69) is 10.3 Å². The van der Waals surface area contributed by atoms with Gasteiger partial charge in [-0.3, -0.25) is 4.68 Å². The van der Waals surface area contributed by atoms with Crippen LogP contribution in [0.5, 0.6) is 0 Å². The summed E-state index contributed by atoms with van der Waals surface area (Å²) in [4.78, 5) is 0. The molecular weight excluding hydrogens is 202 g/mol. The smallest absolute Gasteiger partial charge is 0.0859 e. The van der Waals surface area contributed by atoms with Crippen LogP contribution in [0.4, 0.5) is 0 Å². The second-order valence-corrected chi connectivity index (χ2v) is 5.13. The Labute approximate surface area is 96.0 Å². The van der Waals surface area contributed by atoms with Gasteiger partial charge in [0.15, 0.2) is 0 Å². The van der Waals surface area contributed by atoms with Crippen molar-refractivity contribution in [2.75, 3.05) is 13.7 Å². The first-order valence-electron chi connectivity index (χ1n) is 6.17. The van der Waals surface area contributed by atoms with E-state index in [4.69, 9.17) is 4.74 Å². The first-order valence-corrected chi connectivity index (χ1v) is 6.17. The van der Waals surface area contributed by atoms with E-state index in [1.165, 1.54) is 24.2 Å². The molecule has 0 unspecified atom stereocenters. The van der Waals surface area contributed by atoms with Crippen LogP contribution in [0.3, 0.4) is 0 Å². The van der Waals surface area contributed by atoms with Crippen molar-refractivity contribution >= 4 is 0 Å². The standard InChI is InChI=1S/C12H19N3O/c1-15-12-6-4-9-8(10(9)7-16-2)3-5-11(12)13-14-15/h8-10H,3-7H2,1-2H3/t8-,9+,10-/m0/s1. The van der Waals surface area contributed by atoms with Crippen LogP contribution in [0.1, 0.15) is 24.2 Å². The molecule has 1 saturated carbocycles. The Balaban J connectivity index is 1.73. The SMILES string of the molecule is COC[C@@H]1[C@@H]2CCc3c(nnn3C)CC[C@@H]21. The van der Waals surface area contributed by atoms with E-state index in [1.54, 1.807) is 0 Å². The highest BCUT2D eigenvalue weighted by Crippen LogP contribution is 2.52. The first kappa shape index (κ1) is 10.3. The third kappa shape index (κ3) is 1.56. The minimum absolute atomic E-state index is 0.812. The molecule has 2 aliphatic rings. The van der Waals surface area contributed by atoms with Crippen LogP contribution in [-0.4, -0.2) is 28.7 Å². The molecule has 88 valence electrons. The fourth-order valence-electron chi connectivity index (χ4n) is 3.35. The molecule has 0 saturated heterocycles. The Bertz CT molecular complexity index is 388. The summed E-state index contributed by atoms with van der Waals surface area (Å²) in [5.74, 6) is 2.59. The quantitative estimate of drug-likeness (QED) is 0.753. The highest BCUT2D eigenvalue weighted by Gasteiger charge is 2.49. The fraction of sp³-hybridized carbons (Fsp3) is 0.833. The summed E-state index contributed by atoms with van der Waals surface area (Å²) < 4.78 is 7.24. The lowest BCUT2D eigenvalue weighted by atomic mass is 10.0. The highest BCUT2D eigenvalue weighted by molar-refractivity contribution is 5.14. The minimum Gasteiger partial charge on any atom is -0.384 e. The zero-order valence-electron chi connectivity index (χ0n) is 10.0. The third-order valence-electron chi connectivity index (χ3n) is 4.32. The van der Waals surface area contributed by atoms with Crippen molar-refractivity contribution in [2.24, 2.45) is 24.8 Å². The number of hydrogen-bond acceptors (Lipinski definition) is 3. The molecule has 0 N–H and O–H groups in total. The Morgan fingerprint density at radius 1 is 1.31 bits per heavy atom. The van der Waals surface area contributed by atoms with Crippen LogP contribution in [0.15, 0.2) is 0 Å². The first-order chi connectivity index (χ1) is 7.81. The largest absolute Gasteiger partial charge is 0.384 e. The second kappa shape index (κ2) is 3.84. The average Bonchev–Trinajstić information content (AvgIpc) is 2.76. The number of methoxy groups -OCH3 is 1. The molecule has 0 amide bonds. The number of nitrogens with zero attached hydrogens (tertiary/aromatic N) is 3. The number of rotatable bonds is 2. The van der Waals surface area contributed by atoms with Crippen molar-refractivity contribution in [1.29, 1.82) is 0 Å². The summed E-state index contributed by atoms with van der Waals surface area (Å²) in [5, 5.41) is 8.38. The maximum atomic E-state index is 5.29. The van der Waals surface area contributed by atoms with Gasteiger partial charge in [-0.25, -0.2) is 0 Å². The Morgan fingerprint density at radius 3 is 2.81 bits per heavy atom. The number of aryl methyl sites for hydroxylation is 2. The van der Waals surface area contributed by atoms with E-state index in [0.717, 1.165) is 37.2 Å². The second-order valence-electron chi connectivity index (χ2n) is 5.13. The molecular formula is C12H19N3O. The zero-order chi connectivity index (χ0) is 11.1. The summed E-state index contributed by atoms with van der Waals surface area (Å²) in [6.07, 6.45) is 4.79. The maximum Gasteiger partial charge on any atom is 0.0859 e. The Kier molecular flexibility index (Phi) is 2.46. The van der Waals surface area contributed by atoms with Gasteiger partial charge in [0.25, 0.3) is 0 Å². The van der Waals surface area contributed by atoms with Gasteiger partial charge < -0.3 is 4.74 Å². The van der Waals surface area contributed by atoms with Gasteiger partial charge in [-0.2, -0.15) is 0 Å². The van der Waals surface area contributed by atoms with E-state index >= 15 is 0 Å². The van der Waals surface area contributed by atoms with Crippen LogP contribution >= 0.6 is 0 Å². The molecule has 1 heterocycles. The van der Waals surface area contributed by atoms with Crippen LogP contribution in [0.25, 0.3) is 0 Å². The van der Waals surface area contributed by atoms with Crippen LogP contribution < -0.4 is 0 Å². The molecule has 1 aromatic rings. The van der Waals surface area contributed by atoms with E-state index < -0.39 is 0 Å². The highest BCUT2D eigenvalue weighted by atomic mass is 16.5. The predicted octanol–water partition coefficient (Wildman–Crippen LogP) is 1.20. The predicted molar refractivity (Wildman–Crippen MR) is 60.0 cm³/mol. The summed E-state index contributed by atoms with van der Waals surface area (Å²) in [5.41, 5.74) is 2.57. The summed E-state index contributed by atoms with van der Waals surface area (Å²) >= 11 is 0. The lowest BCUT2D eigenvalue weighted by Gasteiger charge is -2.07. The molecule has 3 rings (SSSR count). The van der Waals surface area contributed by atoms with Crippen LogP contribution in [0.2, 0.25) is 0 Å². The van der Waals surface area contributed by atoms with Gasteiger partial charge in [0.2, 0.25) is 0 Å². The van der Waals surface area contributed by atoms with Crippen LogP contribution in [-0.2, 0) is 24.6 Å². The van der Waals surface area contributed by atoms with Crippen molar-refractivity contribution in [3.63, 3.8) is 0 Å². The van der Waals surface area contributed by atoms with Gasteiger partial charge >= 0.3 is 0 Å². The lowest BCUT2D eigenvalue weighted by Crippen LogP contribution is -2.04. The van der Waals surface area contributed by atoms with E-state index in [-0.39, 0.29) is 0 Å². The molecule has 16 heavy (non-hydrogen) atoms. The molecule has 3 atom stereocenters. The molecule has 0 spiro atoms. The fourth-order valence-corrected chi connectivity index (χ4v) is 3.35. The third-order valence-corrected chi connectivity index (χ3v) is 4.32.